The maximum atomic E-state index is 10.6. The Morgan fingerprint density at radius 3 is 3.14 bits per heavy atom. The largest absolute Gasteiger partial charge is 0.351 e. The van der Waals surface area contributed by atoms with E-state index in [9.17, 15) is 4.79 Å². The molecule has 0 aliphatic carbocycles. The molecule has 2 aromatic heterocycles. The number of pyridine rings is 1. The Bertz CT molecular complexity index is 544. The zero-order valence-corrected chi connectivity index (χ0v) is 8.54. The molecule has 0 aliphatic rings. The van der Waals surface area contributed by atoms with Gasteiger partial charge in [0, 0.05) is 0 Å². The van der Waals surface area contributed by atoms with Gasteiger partial charge in [0.25, 0.3) is 0 Å². The first-order chi connectivity index (χ1) is 6.65. The van der Waals surface area contributed by atoms with Crippen LogP contribution in [0.4, 0.5) is 10.6 Å². The quantitative estimate of drug-likeness (QED) is 0.649. The molecule has 0 unspecified atom stereocenters. The normalized spacial score (nSPS) is 10.3. The predicted octanol–water partition coefficient (Wildman–Crippen LogP) is 1.84. The van der Waals surface area contributed by atoms with Gasteiger partial charge in [-0.3, -0.25) is 5.32 Å². The lowest BCUT2D eigenvalue weighted by Gasteiger charge is -1.98. The highest BCUT2D eigenvalue weighted by Crippen LogP contribution is 2.18. The molecule has 0 radical (unpaired) electrons. The van der Waals surface area contributed by atoms with Gasteiger partial charge in [0.2, 0.25) is 0 Å². The summed E-state index contributed by atoms with van der Waals surface area (Å²) in [7, 11) is 0. The second-order valence-electron chi connectivity index (χ2n) is 2.55. The lowest BCUT2D eigenvalue weighted by atomic mass is 10.4. The summed E-state index contributed by atoms with van der Waals surface area (Å²) >= 11 is 6.30. The molecule has 0 aromatic carbocycles. The number of primary amides is 1. The van der Waals surface area contributed by atoms with Gasteiger partial charge in [-0.25, -0.2) is 9.78 Å². The van der Waals surface area contributed by atoms with Crippen molar-refractivity contribution in [3.8, 4) is 0 Å². The van der Waals surface area contributed by atoms with Crippen molar-refractivity contribution in [1.29, 1.82) is 0 Å². The molecule has 0 spiro atoms. The molecular weight excluding hydrogens is 220 g/mol. The van der Waals surface area contributed by atoms with Crippen molar-refractivity contribution in [3.63, 3.8) is 0 Å². The molecule has 7 heteroatoms. The molecule has 0 fully saturated rings. The zero-order valence-electron chi connectivity index (χ0n) is 6.90. The number of anilines is 1. The van der Waals surface area contributed by atoms with E-state index in [1.165, 1.54) is 11.3 Å². The molecule has 0 saturated heterocycles. The van der Waals surface area contributed by atoms with Crippen LogP contribution in [0.1, 0.15) is 0 Å². The smallest absolute Gasteiger partial charge is 0.317 e. The van der Waals surface area contributed by atoms with Gasteiger partial charge in [-0.15, -0.1) is 0 Å². The fraction of sp³-hybridized carbons (Fsp3) is 0. The van der Waals surface area contributed by atoms with E-state index < -0.39 is 6.03 Å². The summed E-state index contributed by atoms with van der Waals surface area (Å²) in [4.78, 5) is 18.4. The summed E-state index contributed by atoms with van der Waals surface area (Å²) in [5.41, 5.74) is 5.82. The number of nitrogens with zero attached hydrogens (tertiary/aromatic N) is 1. The van der Waals surface area contributed by atoms with Gasteiger partial charge >= 0.3 is 6.03 Å². The topological polar surface area (TPSA) is 83.8 Å². The second-order valence-corrected chi connectivity index (χ2v) is 4.22. The van der Waals surface area contributed by atoms with Gasteiger partial charge in [-0.05, 0) is 24.4 Å². The monoisotopic (exact) mass is 226 g/mol. The van der Waals surface area contributed by atoms with Crippen LogP contribution in [0.25, 0.3) is 10.3 Å². The number of carbonyl (C=O) groups excluding carboxylic acids is 1. The Morgan fingerprint density at radius 1 is 1.64 bits per heavy atom. The Labute approximate surface area is 88.0 Å². The number of thiazole rings is 1. The first-order valence-corrected chi connectivity index (χ1v) is 4.94. The van der Waals surface area contributed by atoms with Crippen molar-refractivity contribution in [2.75, 3.05) is 5.32 Å². The summed E-state index contributed by atoms with van der Waals surface area (Å²) in [5, 5.41) is 2.39. The number of hydrogen-bond acceptors (Lipinski definition) is 4. The Balaban J connectivity index is 2.50. The number of rotatable bonds is 1. The van der Waals surface area contributed by atoms with Gasteiger partial charge in [0.1, 0.15) is 10.6 Å². The number of nitrogens with two attached hydrogens (primary N) is 1. The minimum atomic E-state index is -0.629. The number of aromatic nitrogens is 2. The van der Waals surface area contributed by atoms with E-state index in [1.54, 1.807) is 12.1 Å². The standard InChI is InChI=1S/C7H6N4OS2/c8-6(12)11-4-2-1-3-5(10-4)14-7(13)9-3/h1-2H,(H,9,13)(H3,8,10,11,12). The second kappa shape index (κ2) is 3.35. The number of aromatic amines is 1. The molecule has 0 saturated carbocycles. The average molecular weight is 226 g/mol. The summed E-state index contributed by atoms with van der Waals surface area (Å²) in [5.74, 6) is 0.426. The highest BCUT2D eigenvalue weighted by Gasteiger charge is 2.01. The van der Waals surface area contributed by atoms with Crippen LogP contribution in [0, 0.1) is 3.95 Å². The Morgan fingerprint density at radius 2 is 2.43 bits per heavy atom. The van der Waals surface area contributed by atoms with E-state index in [2.05, 4.69) is 15.3 Å². The van der Waals surface area contributed by atoms with Gasteiger partial charge in [-0.2, -0.15) is 0 Å². The van der Waals surface area contributed by atoms with Crippen molar-refractivity contribution in [2.24, 2.45) is 5.73 Å². The van der Waals surface area contributed by atoms with Crippen molar-refractivity contribution >= 4 is 45.8 Å². The molecule has 0 aliphatic heterocycles. The molecular formula is C7H6N4OS2. The number of carbonyl (C=O) groups is 1. The minimum Gasteiger partial charge on any atom is -0.351 e. The fourth-order valence-electron chi connectivity index (χ4n) is 1.03. The van der Waals surface area contributed by atoms with Crippen LogP contribution in [0.15, 0.2) is 12.1 Å². The minimum absolute atomic E-state index is 0.426. The van der Waals surface area contributed by atoms with Crippen LogP contribution in [0.3, 0.4) is 0 Å². The highest BCUT2D eigenvalue weighted by atomic mass is 32.1. The van der Waals surface area contributed by atoms with Crippen LogP contribution >= 0.6 is 23.6 Å². The van der Waals surface area contributed by atoms with E-state index in [0.717, 1.165) is 10.3 Å². The van der Waals surface area contributed by atoms with Crippen LogP contribution in [-0.2, 0) is 0 Å². The summed E-state index contributed by atoms with van der Waals surface area (Å²) in [6.45, 7) is 0. The van der Waals surface area contributed by atoms with Crippen LogP contribution in [-0.4, -0.2) is 16.0 Å². The predicted molar refractivity (Wildman–Crippen MR) is 58.0 cm³/mol. The number of hydrogen-bond donors (Lipinski definition) is 3. The van der Waals surface area contributed by atoms with Crippen LogP contribution in [0.5, 0.6) is 0 Å². The Kier molecular flexibility index (Phi) is 2.18. The first-order valence-electron chi connectivity index (χ1n) is 3.71. The number of amides is 2. The molecule has 0 bridgehead atoms. The number of nitrogens with one attached hydrogen (secondary N) is 2. The van der Waals surface area contributed by atoms with Crippen molar-refractivity contribution in [3.05, 3.63) is 16.1 Å². The van der Waals surface area contributed by atoms with Crippen LogP contribution in [0.2, 0.25) is 0 Å². The lowest BCUT2D eigenvalue weighted by Crippen LogP contribution is -2.19. The fourth-order valence-corrected chi connectivity index (χ4v) is 2.09. The molecule has 4 N–H and O–H groups in total. The summed E-state index contributed by atoms with van der Waals surface area (Å²) in [6, 6.07) is 2.82. The molecule has 2 aromatic rings. The lowest BCUT2D eigenvalue weighted by molar-refractivity contribution is 0.259. The van der Waals surface area contributed by atoms with E-state index in [0.29, 0.717) is 9.77 Å². The summed E-state index contributed by atoms with van der Waals surface area (Å²) in [6.07, 6.45) is 0. The maximum absolute atomic E-state index is 10.6. The van der Waals surface area contributed by atoms with Gasteiger partial charge < -0.3 is 10.7 Å². The first kappa shape index (κ1) is 9.10. The molecule has 2 heterocycles. The summed E-state index contributed by atoms with van der Waals surface area (Å²) < 4.78 is 0.656. The number of fused-ring (bicyclic) bond motifs is 1. The number of H-pyrrole nitrogens is 1. The van der Waals surface area contributed by atoms with Gasteiger partial charge in [-0.1, -0.05) is 11.3 Å². The van der Waals surface area contributed by atoms with Crippen molar-refractivity contribution < 1.29 is 4.79 Å². The molecule has 14 heavy (non-hydrogen) atoms. The number of urea groups is 1. The van der Waals surface area contributed by atoms with E-state index >= 15 is 0 Å². The van der Waals surface area contributed by atoms with E-state index in [1.807, 2.05) is 0 Å². The average Bonchev–Trinajstić information content (AvgIpc) is 2.42. The highest BCUT2D eigenvalue weighted by molar-refractivity contribution is 7.73. The molecule has 0 atom stereocenters. The van der Waals surface area contributed by atoms with E-state index in [-0.39, 0.29) is 0 Å². The van der Waals surface area contributed by atoms with E-state index in [4.69, 9.17) is 18.0 Å². The van der Waals surface area contributed by atoms with Gasteiger partial charge in [0.15, 0.2) is 3.95 Å². The van der Waals surface area contributed by atoms with Gasteiger partial charge in [0.05, 0.1) is 5.52 Å². The molecule has 5 nitrogen and oxygen atoms in total. The maximum Gasteiger partial charge on any atom is 0.317 e. The third-order valence-corrected chi connectivity index (χ3v) is 2.68. The molecule has 72 valence electrons. The Hall–Kier alpha value is -1.47. The zero-order chi connectivity index (χ0) is 10.1. The third kappa shape index (κ3) is 1.73. The van der Waals surface area contributed by atoms with Crippen molar-refractivity contribution in [2.45, 2.75) is 0 Å². The molecule has 2 rings (SSSR count). The third-order valence-electron chi connectivity index (χ3n) is 1.54. The van der Waals surface area contributed by atoms with Crippen molar-refractivity contribution in [1.82, 2.24) is 9.97 Å². The molecule has 2 amide bonds. The van der Waals surface area contributed by atoms with Crippen LogP contribution < -0.4 is 11.1 Å². The SMILES string of the molecule is NC(=O)Nc1ccc2[nH]c(=S)sc2n1.